The summed E-state index contributed by atoms with van der Waals surface area (Å²) in [5.41, 5.74) is 0. The largest absolute Gasteiger partial charge is 0.355 e. The highest BCUT2D eigenvalue weighted by molar-refractivity contribution is 7.80. The van der Waals surface area contributed by atoms with Gasteiger partial charge in [-0.05, 0) is 19.6 Å². The van der Waals surface area contributed by atoms with Gasteiger partial charge in [-0.1, -0.05) is 0 Å². The fraction of sp³-hybridized carbons (Fsp3) is 0.750. The Hall–Kier alpha value is -0.710. The lowest BCUT2D eigenvalue weighted by Gasteiger charge is -2.12. The molecule has 0 aliphatic rings. The van der Waals surface area contributed by atoms with Crippen LogP contribution in [0.5, 0.6) is 0 Å². The minimum absolute atomic E-state index is 0.145. The van der Waals surface area contributed by atoms with E-state index in [0.29, 0.717) is 18.7 Å². The molecule has 4 nitrogen and oxygen atoms in total. The van der Waals surface area contributed by atoms with Gasteiger partial charge in [-0.25, -0.2) is 0 Å². The Labute approximate surface area is 83.9 Å². The van der Waals surface area contributed by atoms with E-state index in [1.54, 1.807) is 6.92 Å². The number of carbonyl (C=O) groups is 2. The van der Waals surface area contributed by atoms with Crippen molar-refractivity contribution in [3.63, 3.8) is 0 Å². The molecule has 76 valence electrons. The number of thiol groups is 1. The molecule has 1 unspecified atom stereocenters. The summed E-state index contributed by atoms with van der Waals surface area (Å²) in [6.07, 6.45) is 0.340. The maximum absolute atomic E-state index is 11.1. The molecule has 0 aromatic rings. The van der Waals surface area contributed by atoms with Gasteiger partial charge in [0.15, 0.2) is 0 Å². The summed E-state index contributed by atoms with van der Waals surface area (Å²) in [5, 5.41) is 5.19. The van der Waals surface area contributed by atoms with Crippen LogP contribution in [-0.2, 0) is 9.59 Å². The topological polar surface area (TPSA) is 58.2 Å². The zero-order chi connectivity index (χ0) is 10.3. The second kappa shape index (κ2) is 6.77. The number of nitrogens with one attached hydrogen (secondary N) is 2. The summed E-state index contributed by atoms with van der Waals surface area (Å²) in [6, 6.07) is -0.465. The summed E-state index contributed by atoms with van der Waals surface area (Å²) >= 11 is 3.91. The first-order valence-corrected chi connectivity index (χ1v) is 4.93. The van der Waals surface area contributed by atoms with Gasteiger partial charge in [0.25, 0.3) is 0 Å². The van der Waals surface area contributed by atoms with Gasteiger partial charge in [-0.3, -0.25) is 9.59 Å². The van der Waals surface area contributed by atoms with E-state index in [0.717, 1.165) is 0 Å². The fourth-order valence-electron chi connectivity index (χ4n) is 0.808. The normalized spacial score (nSPS) is 11.9. The van der Waals surface area contributed by atoms with Crippen LogP contribution < -0.4 is 10.6 Å². The number of hydrogen-bond donors (Lipinski definition) is 3. The van der Waals surface area contributed by atoms with E-state index in [4.69, 9.17) is 0 Å². The molecular formula is C8H16N2O2S. The van der Waals surface area contributed by atoms with Crippen molar-refractivity contribution < 1.29 is 9.59 Å². The van der Waals surface area contributed by atoms with Crippen LogP contribution in [0, 0.1) is 0 Å². The van der Waals surface area contributed by atoms with Gasteiger partial charge in [0.2, 0.25) is 11.8 Å². The molecule has 0 spiro atoms. The lowest BCUT2D eigenvalue weighted by molar-refractivity contribution is -0.128. The summed E-state index contributed by atoms with van der Waals surface area (Å²) in [7, 11) is 0. The van der Waals surface area contributed by atoms with E-state index in [1.807, 2.05) is 6.92 Å². The fourth-order valence-corrected chi connectivity index (χ4v) is 1.01. The van der Waals surface area contributed by atoms with Gasteiger partial charge in [-0.15, -0.1) is 0 Å². The number of hydrogen-bond acceptors (Lipinski definition) is 3. The first-order chi connectivity index (χ1) is 6.11. The van der Waals surface area contributed by atoms with E-state index in [-0.39, 0.29) is 11.8 Å². The van der Waals surface area contributed by atoms with Crippen LogP contribution in [0.25, 0.3) is 0 Å². The van der Waals surface area contributed by atoms with Gasteiger partial charge in [0.05, 0.1) is 0 Å². The third kappa shape index (κ3) is 5.52. The first kappa shape index (κ1) is 12.3. The predicted octanol–water partition coefficient (Wildman–Crippen LogP) is -0.0529. The van der Waals surface area contributed by atoms with Crippen molar-refractivity contribution in [1.29, 1.82) is 0 Å². The maximum Gasteiger partial charge on any atom is 0.242 e. The molecule has 0 radical (unpaired) electrons. The van der Waals surface area contributed by atoms with Crippen LogP contribution in [0.4, 0.5) is 0 Å². The third-order valence-electron chi connectivity index (χ3n) is 1.46. The number of amides is 2. The van der Waals surface area contributed by atoms with Crippen molar-refractivity contribution >= 4 is 24.4 Å². The Balaban J connectivity index is 3.78. The molecule has 2 N–H and O–H groups in total. The molecule has 1 atom stereocenters. The zero-order valence-electron chi connectivity index (χ0n) is 7.96. The van der Waals surface area contributed by atoms with E-state index in [2.05, 4.69) is 23.3 Å². The number of carbonyl (C=O) groups excluding carboxylic acids is 2. The maximum atomic E-state index is 11.1. The Kier molecular flexibility index (Phi) is 6.40. The summed E-state index contributed by atoms with van der Waals surface area (Å²) in [4.78, 5) is 22.2. The van der Waals surface area contributed by atoms with E-state index in [1.165, 1.54) is 0 Å². The van der Waals surface area contributed by atoms with Crippen LogP contribution >= 0.6 is 12.6 Å². The van der Waals surface area contributed by atoms with Gasteiger partial charge < -0.3 is 10.6 Å². The van der Waals surface area contributed by atoms with Crippen LogP contribution in [0.1, 0.15) is 20.3 Å². The average molecular weight is 204 g/mol. The van der Waals surface area contributed by atoms with E-state index >= 15 is 0 Å². The monoisotopic (exact) mass is 204 g/mol. The SMILES string of the molecule is CCNC(=O)C(C)NC(=O)CCS. The van der Waals surface area contributed by atoms with E-state index < -0.39 is 6.04 Å². The molecule has 0 aliphatic carbocycles. The van der Waals surface area contributed by atoms with Crippen molar-refractivity contribution in [2.75, 3.05) is 12.3 Å². The number of rotatable bonds is 5. The molecule has 0 heterocycles. The highest BCUT2D eigenvalue weighted by Gasteiger charge is 2.13. The molecule has 0 bridgehead atoms. The Morgan fingerprint density at radius 3 is 2.54 bits per heavy atom. The van der Waals surface area contributed by atoms with E-state index in [9.17, 15) is 9.59 Å². The minimum atomic E-state index is -0.465. The van der Waals surface area contributed by atoms with Crippen molar-refractivity contribution in [1.82, 2.24) is 10.6 Å². The molecule has 0 fully saturated rings. The van der Waals surface area contributed by atoms with Crippen LogP contribution in [-0.4, -0.2) is 30.2 Å². The highest BCUT2D eigenvalue weighted by atomic mass is 32.1. The molecular weight excluding hydrogens is 188 g/mol. The second-order valence-corrected chi connectivity index (χ2v) is 3.10. The average Bonchev–Trinajstić information content (AvgIpc) is 2.05. The van der Waals surface area contributed by atoms with Gasteiger partial charge in [-0.2, -0.15) is 12.6 Å². The van der Waals surface area contributed by atoms with Crippen LogP contribution in [0.2, 0.25) is 0 Å². The Morgan fingerprint density at radius 2 is 2.08 bits per heavy atom. The molecule has 0 rings (SSSR count). The lowest BCUT2D eigenvalue weighted by atomic mass is 10.3. The van der Waals surface area contributed by atoms with Crippen molar-refractivity contribution in [3.8, 4) is 0 Å². The van der Waals surface area contributed by atoms with Crippen LogP contribution in [0.15, 0.2) is 0 Å². The molecule has 0 aliphatic heterocycles. The second-order valence-electron chi connectivity index (χ2n) is 2.66. The van der Waals surface area contributed by atoms with Gasteiger partial charge in [0, 0.05) is 13.0 Å². The first-order valence-electron chi connectivity index (χ1n) is 4.29. The molecule has 13 heavy (non-hydrogen) atoms. The quantitative estimate of drug-likeness (QED) is 0.550. The molecule has 5 heteroatoms. The van der Waals surface area contributed by atoms with Gasteiger partial charge >= 0.3 is 0 Å². The zero-order valence-corrected chi connectivity index (χ0v) is 8.86. The minimum Gasteiger partial charge on any atom is -0.355 e. The standard InChI is InChI=1S/C8H16N2O2S/c1-3-9-8(12)6(2)10-7(11)4-5-13/h6,13H,3-5H2,1-2H3,(H,9,12)(H,10,11). The molecule has 2 amide bonds. The Morgan fingerprint density at radius 1 is 1.46 bits per heavy atom. The molecule has 0 saturated heterocycles. The Bertz CT molecular complexity index is 185. The van der Waals surface area contributed by atoms with Crippen molar-refractivity contribution in [2.24, 2.45) is 0 Å². The van der Waals surface area contributed by atoms with Gasteiger partial charge in [0.1, 0.15) is 6.04 Å². The van der Waals surface area contributed by atoms with Crippen molar-refractivity contribution in [2.45, 2.75) is 26.3 Å². The smallest absolute Gasteiger partial charge is 0.242 e. The summed E-state index contributed by atoms with van der Waals surface area (Å²) < 4.78 is 0. The number of likely N-dealkylation sites (N-methyl/N-ethyl adjacent to an activating group) is 1. The van der Waals surface area contributed by atoms with Crippen molar-refractivity contribution in [3.05, 3.63) is 0 Å². The predicted molar refractivity (Wildman–Crippen MR) is 54.8 cm³/mol. The molecule has 0 aromatic carbocycles. The molecule has 0 saturated carbocycles. The highest BCUT2D eigenvalue weighted by Crippen LogP contribution is 1.87. The lowest BCUT2D eigenvalue weighted by Crippen LogP contribution is -2.44. The van der Waals surface area contributed by atoms with Crippen LogP contribution in [0.3, 0.4) is 0 Å². The summed E-state index contributed by atoms with van der Waals surface area (Å²) in [5.74, 6) is 0.192. The molecule has 0 aromatic heterocycles. The third-order valence-corrected chi connectivity index (χ3v) is 1.68. The summed E-state index contributed by atoms with van der Waals surface area (Å²) in [6.45, 7) is 4.06.